The number of hydrogen-bond donors (Lipinski definition) is 1. The zero-order valence-electron chi connectivity index (χ0n) is 9.84. The molecule has 0 aromatic carbocycles. The number of esters is 1. The van der Waals surface area contributed by atoms with Gasteiger partial charge in [0.25, 0.3) is 5.91 Å². The van der Waals surface area contributed by atoms with Gasteiger partial charge >= 0.3 is 5.97 Å². The van der Waals surface area contributed by atoms with E-state index >= 15 is 0 Å². The van der Waals surface area contributed by atoms with Crippen LogP contribution in [0.2, 0.25) is 0 Å². The van der Waals surface area contributed by atoms with Crippen LogP contribution >= 0.6 is 0 Å². The molecule has 0 saturated heterocycles. The van der Waals surface area contributed by atoms with E-state index in [1.165, 1.54) is 24.2 Å². The van der Waals surface area contributed by atoms with Gasteiger partial charge in [-0.3, -0.25) is 9.48 Å². The number of rotatable bonds is 5. The molecule has 1 heterocycles. The summed E-state index contributed by atoms with van der Waals surface area (Å²) in [5.41, 5.74) is 6.01. The van der Waals surface area contributed by atoms with Gasteiger partial charge in [0.15, 0.2) is 0 Å². The summed E-state index contributed by atoms with van der Waals surface area (Å²) in [6, 6.07) is 0. The molecule has 1 amide bonds. The van der Waals surface area contributed by atoms with Gasteiger partial charge in [0.1, 0.15) is 0 Å². The Hall–Kier alpha value is -2.11. The molecule has 0 aliphatic heterocycles. The molecule has 6 nitrogen and oxygen atoms in total. The average Bonchev–Trinajstić information content (AvgIpc) is 2.78. The van der Waals surface area contributed by atoms with Crippen LogP contribution in [-0.2, 0) is 16.1 Å². The zero-order valence-corrected chi connectivity index (χ0v) is 9.84. The highest BCUT2D eigenvalue weighted by atomic mass is 16.5. The van der Waals surface area contributed by atoms with E-state index < -0.39 is 5.91 Å². The Bertz CT molecular complexity index is 449. The highest BCUT2D eigenvalue weighted by Crippen LogP contribution is 2.04. The molecule has 6 heteroatoms. The minimum Gasteiger partial charge on any atom is -0.466 e. The largest absolute Gasteiger partial charge is 0.466 e. The van der Waals surface area contributed by atoms with Crippen molar-refractivity contribution in [1.82, 2.24) is 9.78 Å². The average molecular weight is 237 g/mol. The van der Waals surface area contributed by atoms with Crippen molar-refractivity contribution in [1.29, 1.82) is 0 Å². The topological polar surface area (TPSA) is 87.2 Å². The second-order valence-corrected chi connectivity index (χ2v) is 3.39. The predicted molar refractivity (Wildman–Crippen MR) is 61.1 cm³/mol. The van der Waals surface area contributed by atoms with E-state index in [1.807, 2.05) is 6.92 Å². The molecule has 0 atom stereocenters. The second-order valence-electron chi connectivity index (χ2n) is 3.39. The SMILES string of the molecule is CCC(=CCn1cc(C(N)=O)cn1)C(=O)OC. The van der Waals surface area contributed by atoms with E-state index in [0.29, 0.717) is 24.1 Å². The first-order chi connectivity index (χ1) is 8.08. The number of nitrogens with zero attached hydrogens (tertiary/aromatic N) is 2. The van der Waals surface area contributed by atoms with E-state index in [-0.39, 0.29) is 5.97 Å². The lowest BCUT2D eigenvalue weighted by Gasteiger charge is -2.02. The summed E-state index contributed by atoms with van der Waals surface area (Å²) in [6.45, 7) is 2.26. The Balaban J connectivity index is 2.73. The van der Waals surface area contributed by atoms with Crippen molar-refractivity contribution >= 4 is 11.9 Å². The summed E-state index contributed by atoms with van der Waals surface area (Å²) in [6.07, 6.45) is 5.21. The quantitative estimate of drug-likeness (QED) is 0.596. The first kappa shape index (κ1) is 13.0. The first-order valence-corrected chi connectivity index (χ1v) is 5.18. The third-order valence-electron chi connectivity index (χ3n) is 2.27. The Morgan fingerprint density at radius 2 is 2.29 bits per heavy atom. The fourth-order valence-electron chi connectivity index (χ4n) is 1.30. The fraction of sp³-hybridized carbons (Fsp3) is 0.364. The van der Waals surface area contributed by atoms with Gasteiger partial charge in [-0.15, -0.1) is 0 Å². The number of methoxy groups -OCH3 is 1. The number of ether oxygens (including phenoxy) is 1. The summed E-state index contributed by atoms with van der Waals surface area (Å²) in [5, 5.41) is 3.95. The van der Waals surface area contributed by atoms with Crippen LogP contribution in [0.15, 0.2) is 24.0 Å². The van der Waals surface area contributed by atoms with Gasteiger partial charge in [-0.05, 0) is 6.42 Å². The van der Waals surface area contributed by atoms with Gasteiger partial charge < -0.3 is 10.5 Å². The van der Waals surface area contributed by atoms with Crippen molar-refractivity contribution < 1.29 is 14.3 Å². The van der Waals surface area contributed by atoms with Crippen LogP contribution in [0, 0.1) is 0 Å². The molecule has 1 rings (SSSR count). The van der Waals surface area contributed by atoms with Crippen LogP contribution in [0.1, 0.15) is 23.7 Å². The van der Waals surface area contributed by atoms with Crippen LogP contribution in [-0.4, -0.2) is 28.8 Å². The van der Waals surface area contributed by atoms with Crippen LogP contribution in [0.25, 0.3) is 0 Å². The fourth-order valence-corrected chi connectivity index (χ4v) is 1.30. The number of carbonyl (C=O) groups is 2. The van der Waals surface area contributed by atoms with Gasteiger partial charge in [0.05, 0.1) is 25.4 Å². The standard InChI is InChI=1S/C11H15N3O3/c1-3-8(11(16)17-2)4-5-14-7-9(6-13-14)10(12)15/h4,6-7H,3,5H2,1-2H3,(H2,12,15). The third kappa shape index (κ3) is 3.44. The van der Waals surface area contributed by atoms with E-state index in [2.05, 4.69) is 9.84 Å². The van der Waals surface area contributed by atoms with E-state index in [4.69, 9.17) is 5.73 Å². The van der Waals surface area contributed by atoms with Gasteiger partial charge in [-0.1, -0.05) is 13.0 Å². The summed E-state index contributed by atoms with van der Waals surface area (Å²) < 4.78 is 6.15. The Morgan fingerprint density at radius 1 is 1.59 bits per heavy atom. The van der Waals surface area contributed by atoms with Crippen molar-refractivity contribution in [3.8, 4) is 0 Å². The van der Waals surface area contributed by atoms with Crippen molar-refractivity contribution in [3.63, 3.8) is 0 Å². The molecule has 1 aromatic rings. The lowest BCUT2D eigenvalue weighted by Crippen LogP contribution is -2.09. The molecule has 0 aliphatic rings. The normalized spacial score (nSPS) is 11.3. The number of hydrogen-bond acceptors (Lipinski definition) is 4. The molecule has 92 valence electrons. The van der Waals surface area contributed by atoms with Crippen LogP contribution in [0.5, 0.6) is 0 Å². The van der Waals surface area contributed by atoms with Crippen molar-refractivity contribution in [3.05, 3.63) is 29.6 Å². The lowest BCUT2D eigenvalue weighted by molar-refractivity contribution is -0.136. The summed E-state index contributed by atoms with van der Waals surface area (Å²) in [5.74, 6) is -0.876. The number of nitrogens with two attached hydrogens (primary N) is 1. The number of allylic oxidation sites excluding steroid dienone is 1. The Morgan fingerprint density at radius 3 is 2.76 bits per heavy atom. The molecule has 0 saturated carbocycles. The molecule has 0 bridgehead atoms. The highest BCUT2D eigenvalue weighted by molar-refractivity contribution is 5.92. The van der Waals surface area contributed by atoms with E-state index in [9.17, 15) is 9.59 Å². The monoisotopic (exact) mass is 237 g/mol. The second kappa shape index (κ2) is 5.83. The molecule has 0 spiro atoms. The first-order valence-electron chi connectivity index (χ1n) is 5.18. The minimum atomic E-state index is -0.524. The molecular weight excluding hydrogens is 222 g/mol. The number of amides is 1. The lowest BCUT2D eigenvalue weighted by atomic mass is 10.2. The Labute approximate surface area is 99.0 Å². The summed E-state index contributed by atoms with van der Waals surface area (Å²) in [4.78, 5) is 22.1. The maximum absolute atomic E-state index is 11.3. The number of aromatic nitrogens is 2. The van der Waals surface area contributed by atoms with Crippen LogP contribution in [0.4, 0.5) is 0 Å². The zero-order chi connectivity index (χ0) is 12.8. The van der Waals surface area contributed by atoms with Gasteiger partial charge in [-0.2, -0.15) is 5.10 Å². The smallest absolute Gasteiger partial charge is 0.333 e. The van der Waals surface area contributed by atoms with Crippen LogP contribution < -0.4 is 5.73 Å². The maximum atomic E-state index is 11.3. The van der Waals surface area contributed by atoms with E-state index in [0.717, 1.165) is 0 Å². The molecular formula is C11H15N3O3. The van der Waals surface area contributed by atoms with E-state index in [1.54, 1.807) is 6.08 Å². The minimum absolute atomic E-state index is 0.342. The molecule has 0 unspecified atom stereocenters. The molecule has 0 fully saturated rings. The summed E-state index contributed by atoms with van der Waals surface area (Å²) >= 11 is 0. The molecule has 0 aliphatic carbocycles. The number of carbonyl (C=O) groups excluding carboxylic acids is 2. The third-order valence-corrected chi connectivity index (χ3v) is 2.27. The summed E-state index contributed by atoms with van der Waals surface area (Å²) in [7, 11) is 1.34. The van der Waals surface area contributed by atoms with Crippen molar-refractivity contribution in [2.24, 2.45) is 5.73 Å². The predicted octanol–water partition coefficient (Wildman–Crippen LogP) is 0.491. The highest BCUT2D eigenvalue weighted by Gasteiger charge is 2.07. The van der Waals surface area contributed by atoms with Crippen LogP contribution in [0.3, 0.4) is 0 Å². The van der Waals surface area contributed by atoms with Gasteiger partial charge in [-0.25, -0.2) is 4.79 Å². The molecule has 2 N–H and O–H groups in total. The molecule has 1 aromatic heterocycles. The van der Waals surface area contributed by atoms with Crippen molar-refractivity contribution in [2.75, 3.05) is 7.11 Å². The number of primary amides is 1. The maximum Gasteiger partial charge on any atom is 0.333 e. The molecule has 17 heavy (non-hydrogen) atoms. The molecule has 0 radical (unpaired) electrons. The van der Waals surface area contributed by atoms with Gasteiger partial charge in [0, 0.05) is 11.8 Å². The van der Waals surface area contributed by atoms with Gasteiger partial charge in [0.2, 0.25) is 0 Å². The van der Waals surface area contributed by atoms with Crippen molar-refractivity contribution in [2.45, 2.75) is 19.9 Å². The Kier molecular flexibility index (Phi) is 4.45.